The second-order valence-corrected chi connectivity index (χ2v) is 14.8. The van der Waals surface area contributed by atoms with Crippen LogP contribution in [0.5, 0.6) is 11.5 Å². The van der Waals surface area contributed by atoms with Crippen molar-refractivity contribution in [1.82, 2.24) is 14.3 Å². The zero-order valence-electron chi connectivity index (χ0n) is 31.6. The molecule has 0 aliphatic carbocycles. The van der Waals surface area contributed by atoms with Gasteiger partial charge in [0.15, 0.2) is 4.84 Å². The Bertz CT molecular complexity index is 2080. The zero-order valence-corrected chi connectivity index (χ0v) is 35.4. The number of para-hydroxylation sites is 3. The third kappa shape index (κ3) is 10.9. The van der Waals surface area contributed by atoms with Crippen LogP contribution in [0.4, 0.5) is 11.4 Å². The van der Waals surface area contributed by atoms with Crippen LogP contribution in [0, 0.1) is 19.3 Å². The molecule has 0 N–H and O–H groups in total. The molecule has 2 amide bonds. The molecule has 0 bridgehead atoms. The molecule has 1 aromatic heterocycles. The second kappa shape index (κ2) is 21.6. The zero-order chi connectivity index (χ0) is 40.9. The van der Waals surface area contributed by atoms with Gasteiger partial charge in [0.2, 0.25) is 5.91 Å². The van der Waals surface area contributed by atoms with Crippen LogP contribution >= 0.6 is 58.0 Å². The van der Waals surface area contributed by atoms with Crippen LogP contribution in [0.25, 0.3) is 5.69 Å². The van der Waals surface area contributed by atoms with E-state index in [1.165, 1.54) is 10.7 Å². The SMILES string of the molecule is C#CCOc1cc(-n2nc3n(c2=O)CCCC3)c(Cl)cc1Cl.CC1COc2ccccc2N1C(=O)C(Cl)Cl.CCOCN(C(=O)CCl)c1c(C)cccc1CC. The molecule has 1 atom stereocenters. The molecule has 2 aliphatic heterocycles. The molecule has 3 aromatic carbocycles. The van der Waals surface area contributed by atoms with Crippen molar-refractivity contribution in [1.29, 1.82) is 0 Å². The highest BCUT2D eigenvalue weighted by molar-refractivity contribution is 6.54. The molecular formula is C40H44Cl5N5O6. The summed E-state index contributed by atoms with van der Waals surface area (Å²) in [5, 5.41) is 5.04. The van der Waals surface area contributed by atoms with Crippen molar-refractivity contribution < 1.29 is 23.8 Å². The predicted octanol–water partition coefficient (Wildman–Crippen LogP) is 8.42. The number of benzene rings is 3. The number of halogens is 5. The third-order valence-corrected chi connectivity index (χ3v) is 9.99. The molecule has 0 fully saturated rings. The monoisotopic (exact) mass is 865 g/mol. The number of aryl methyl sites for hydroxylation is 3. The number of aromatic nitrogens is 3. The highest BCUT2D eigenvalue weighted by atomic mass is 35.5. The van der Waals surface area contributed by atoms with Gasteiger partial charge in [-0.15, -0.1) is 23.1 Å². The summed E-state index contributed by atoms with van der Waals surface area (Å²) in [5.74, 6) is 3.71. The lowest BCUT2D eigenvalue weighted by Crippen LogP contribution is -2.47. The number of amides is 2. The predicted molar refractivity (Wildman–Crippen MR) is 225 cm³/mol. The number of nitrogens with zero attached hydrogens (tertiary/aromatic N) is 5. The van der Waals surface area contributed by atoms with Gasteiger partial charge in [-0.05, 0) is 69.4 Å². The van der Waals surface area contributed by atoms with Crippen molar-refractivity contribution in [2.24, 2.45) is 0 Å². The highest BCUT2D eigenvalue weighted by Gasteiger charge is 2.32. The molecule has 4 aromatic rings. The summed E-state index contributed by atoms with van der Waals surface area (Å²) in [5.41, 5.74) is 4.07. The Morgan fingerprint density at radius 3 is 2.48 bits per heavy atom. The van der Waals surface area contributed by atoms with Gasteiger partial charge in [-0.1, -0.05) is 89.6 Å². The molecule has 3 heterocycles. The van der Waals surface area contributed by atoms with Crippen molar-refractivity contribution >= 4 is 81.2 Å². The minimum absolute atomic E-state index is 0.0371. The van der Waals surface area contributed by atoms with E-state index in [1.54, 1.807) is 20.4 Å². The number of ether oxygens (including phenoxy) is 3. The van der Waals surface area contributed by atoms with Gasteiger partial charge in [0.25, 0.3) is 5.91 Å². The maximum atomic E-state index is 12.5. The molecular weight excluding hydrogens is 824 g/mol. The Morgan fingerprint density at radius 1 is 1.07 bits per heavy atom. The van der Waals surface area contributed by atoms with Crippen LogP contribution in [-0.4, -0.2) is 69.5 Å². The van der Waals surface area contributed by atoms with E-state index in [2.05, 4.69) is 17.9 Å². The molecule has 6 rings (SSSR count). The molecule has 0 radical (unpaired) electrons. The third-order valence-electron chi connectivity index (χ3n) is 8.79. The van der Waals surface area contributed by atoms with Gasteiger partial charge in [-0.25, -0.2) is 4.79 Å². The van der Waals surface area contributed by atoms with E-state index in [0.29, 0.717) is 47.0 Å². The minimum Gasteiger partial charge on any atom is -0.489 e. The summed E-state index contributed by atoms with van der Waals surface area (Å²) in [7, 11) is 0. The first kappa shape index (κ1) is 44.8. The van der Waals surface area contributed by atoms with Gasteiger partial charge in [0.1, 0.15) is 43.1 Å². The topological polar surface area (TPSA) is 108 Å². The van der Waals surface area contributed by atoms with Crippen LogP contribution in [0.2, 0.25) is 10.0 Å². The number of anilines is 2. The van der Waals surface area contributed by atoms with E-state index >= 15 is 0 Å². The summed E-state index contributed by atoms with van der Waals surface area (Å²) in [4.78, 5) is 38.5. The van der Waals surface area contributed by atoms with E-state index in [-0.39, 0.29) is 42.8 Å². The van der Waals surface area contributed by atoms with Crippen molar-refractivity contribution in [2.75, 3.05) is 42.2 Å². The van der Waals surface area contributed by atoms with Crippen molar-refractivity contribution in [3.05, 3.63) is 92.1 Å². The van der Waals surface area contributed by atoms with Gasteiger partial charge in [0, 0.05) is 25.6 Å². The number of fused-ring (bicyclic) bond motifs is 2. The lowest BCUT2D eigenvalue weighted by atomic mass is 10.0. The van der Waals surface area contributed by atoms with Crippen molar-refractivity contribution in [2.45, 2.75) is 70.8 Å². The number of hydrogen-bond acceptors (Lipinski definition) is 7. The highest BCUT2D eigenvalue weighted by Crippen LogP contribution is 2.35. The lowest BCUT2D eigenvalue weighted by molar-refractivity contribution is -0.118. The maximum absolute atomic E-state index is 12.5. The van der Waals surface area contributed by atoms with Crippen LogP contribution < -0.4 is 25.0 Å². The second-order valence-electron chi connectivity index (χ2n) is 12.6. The van der Waals surface area contributed by atoms with Crippen LogP contribution in [-0.2, 0) is 33.7 Å². The first-order valence-corrected chi connectivity index (χ1v) is 20.1. The van der Waals surface area contributed by atoms with Gasteiger partial charge in [0.05, 0.1) is 33.1 Å². The molecule has 1 unspecified atom stereocenters. The quantitative estimate of drug-likeness (QED) is 0.0896. The molecule has 11 nitrogen and oxygen atoms in total. The standard InChI is InChI=1S/C15H13Cl2N3O2.C14H20ClNO2.C11H11Cl2NO2/c1-2-7-22-13-9-12(10(16)8-11(13)17)20-15(21)19-6-4-3-5-14(19)18-20;1-4-12-8-6-7-11(3)14(12)16(10-18-5-2)13(17)9-15;1-7-6-16-9-5-3-2-4-8(9)14(7)11(15)10(12)13/h1,8-9H,3-7H2;6-8H,4-5,9-10H2,1-3H3;2-5,7,10H,6H2,1H3. The van der Waals surface area contributed by atoms with E-state index < -0.39 is 4.84 Å². The van der Waals surface area contributed by atoms with E-state index in [0.717, 1.165) is 54.0 Å². The fourth-order valence-corrected chi connectivity index (χ4v) is 6.99. The number of terminal acetylenes is 1. The number of rotatable bonds is 10. The van der Waals surface area contributed by atoms with Gasteiger partial charge >= 0.3 is 5.69 Å². The number of alkyl halides is 3. The number of carbonyl (C=O) groups is 2. The number of hydrogen-bond donors (Lipinski definition) is 0. The Hall–Kier alpha value is -3.89. The summed E-state index contributed by atoms with van der Waals surface area (Å²) >= 11 is 29.2. The summed E-state index contributed by atoms with van der Waals surface area (Å²) in [6.45, 7) is 9.89. The Labute approximate surface area is 352 Å². The van der Waals surface area contributed by atoms with Gasteiger partial charge in [-0.3, -0.25) is 19.1 Å². The largest absolute Gasteiger partial charge is 0.489 e. The van der Waals surface area contributed by atoms with E-state index in [4.69, 9.17) is 78.6 Å². The molecule has 0 spiro atoms. The van der Waals surface area contributed by atoms with Crippen molar-refractivity contribution in [3.63, 3.8) is 0 Å². The summed E-state index contributed by atoms with van der Waals surface area (Å²) in [6, 6.07) is 16.4. The number of carbonyl (C=O) groups excluding carboxylic acids is 2. The molecule has 0 saturated heterocycles. The first-order valence-electron chi connectivity index (χ1n) is 18.0. The van der Waals surface area contributed by atoms with Gasteiger partial charge < -0.3 is 19.1 Å². The average molecular weight is 868 g/mol. The molecule has 56 heavy (non-hydrogen) atoms. The fraction of sp³-hybridized carbons (Fsp3) is 0.400. The summed E-state index contributed by atoms with van der Waals surface area (Å²) < 4.78 is 19.2. The Kier molecular flexibility index (Phi) is 17.3. The molecule has 0 saturated carbocycles. The fourth-order valence-electron chi connectivity index (χ4n) is 6.12. The van der Waals surface area contributed by atoms with Crippen LogP contribution in [0.1, 0.15) is 50.6 Å². The van der Waals surface area contributed by atoms with E-state index in [9.17, 15) is 14.4 Å². The Morgan fingerprint density at radius 2 is 1.82 bits per heavy atom. The van der Waals surface area contributed by atoms with Gasteiger partial charge in [-0.2, -0.15) is 4.68 Å². The average Bonchev–Trinajstić information content (AvgIpc) is 3.53. The lowest BCUT2D eigenvalue weighted by Gasteiger charge is -2.35. The maximum Gasteiger partial charge on any atom is 0.350 e. The molecule has 16 heteroatoms. The molecule has 300 valence electrons. The van der Waals surface area contributed by atoms with Crippen LogP contribution in [0.15, 0.2) is 59.4 Å². The first-order chi connectivity index (χ1) is 26.9. The van der Waals surface area contributed by atoms with Crippen molar-refractivity contribution in [3.8, 4) is 29.5 Å². The molecule has 2 aliphatic rings. The normalized spacial score (nSPS) is 14.2. The summed E-state index contributed by atoms with van der Waals surface area (Å²) in [6.07, 6.45) is 8.84. The van der Waals surface area contributed by atoms with E-state index in [1.807, 2.05) is 63.2 Å². The smallest absolute Gasteiger partial charge is 0.350 e. The van der Waals surface area contributed by atoms with Crippen LogP contribution in [0.3, 0.4) is 0 Å². The minimum atomic E-state index is -1.05. The Balaban J connectivity index is 0.000000189.